The van der Waals surface area contributed by atoms with E-state index in [1.807, 2.05) is 0 Å². The monoisotopic (exact) mass is 214 g/mol. The molecule has 0 aromatic heterocycles. The highest BCUT2D eigenvalue weighted by atomic mass is 16.7. The fourth-order valence-electron chi connectivity index (χ4n) is 1.92. The van der Waals surface area contributed by atoms with Crippen molar-refractivity contribution >= 4 is 6.47 Å². The zero-order chi connectivity index (χ0) is 10.7. The van der Waals surface area contributed by atoms with Crippen LogP contribution in [0.15, 0.2) is 12.2 Å². The molecule has 5 heteroatoms. The Hall–Kier alpha value is -0.910. The smallest absolute Gasteiger partial charge is 0.293 e. The second kappa shape index (κ2) is 4.74. The summed E-state index contributed by atoms with van der Waals surface area (Å²) in [5.41, 5.74) is 0. The summed E-state index contributed by atoms with van der Waals surface area (Å²) >= 11 is 0. The second-order valence-electron chi connectivity index (χ2n) is 3.72. The molecule has 0 aromatic rings. The van der Waals surface area contributed by atoms with Crippen LogP contribution in [0.3, 0.4) is 0 Å². The lowest BCUT2D eigenvalue weighted by molar-refractivity contribution is -0.132. The van der Waals surface area contributed by atoms with Gasteiger partial charge in [0.05, 0.1) is 18.3 Å². The molecule has 0 radical (unpaired) electrons. The Balaban J connectivity index is 2.06. The largest absolute Gasteiger partial charge is 0.460 e. The first-order valence-corrected chi connectivity index (χ1v) is 4.98. The van der Waals surface area contributed by atoms with E-state index in [1.165, 1.54) is 0 Å². The Kier molecular flexibility index (Phi) is 3.35. The average Bonchev–Trinajstić information content (AvgIpc) is 2.60. The van der Waals surface area contributed by atoms with Crippen LogP contribution in [0.25, 0.3) is 0 Å². The first-order chi connectivity index (χ1) is 7.29. The van der Waals surface area contributed by atoms with Crippen molar-refractivity contribution in [3.8, 4) is 0 Å². The van der Waals surface area contributed by atoms with E-state index in [0.717, 1.165) is 0 Å². The number of aliphatic hydroxyl groups is 1. The maximum absolute atomic E-state index is 10.3. The fourth-order valence-corrected chi connectivity index (χ4v) is 1.92. The maximum Gasteiger partial charge on any atom is 0.293 e. The van der Waals surface area contributed by atoms with Crippen molar-refractivity contribution in [2.75, 3.05) is 6.79 Å². The van der Waals surface area contributed by atoms with Gasteiger partial charge in [-0.2, -0.15) is 0 Å². The molecule has 0 bridgehead atoms. The highest BCUT2D eigenvalue weighted by Gasteiger charge is 2.34. The van der Waals surface area contributed by atoms with Crippen molar-refractivity contribution in [3.05, 3.63) is 12.2 Å². The van der Waals surface area contributed by atoms with Crippen molar-refractivity contribution in [2.45, 2.75) is 37.3 Å². The third kappa shape index (κ3) is 2.56. The number of aliphatic hydroxyl groups excluding tert-OH is 1. The molecule has 2 rings (SSSR count). The van der Waals surface area contributed by atoms with Gasteiger partial charge in [-0.05, 0) is 6.08 Å². The molecule has 1 N–H and O–H groups in total. The molecule has 84 valence electrons. The van der Waals surface area contributed by atoms with Crippen molar-refractivity contribution in [1.29, 1.82) is 0 Å². The molecule has 1 aliphatic carbocycles. The van der Waals surface area contributed by atoms with Gasteiger partial charge in [-0.3, -0.25) is 4.79 Å². The van der Waals surface area contributed by atoms with E-state index in [-0.39, 0.29) is 25.1 Å². The summed E-state index contributed by atoms with van der Waals surface area (Å²) in [5, 5.41) is 9.58. The summed E-state index contributed by atoms with van der Waals surface area (Å²) in [7, 11) is 0. The molecule has 15 heavy (non-hydrogen) atoms. The van der Waals surface area contributed by atoms with Crippen LogP contribution in [0.1, 0.15) is 12.8 Å². The van der Waals surface area contributed by atoms with Gasteiger partial charge in [0.2, 0.25) is 0 Å². The summed E-state index contributed by atoms with van der Waals surface area (Å²) in [6.07, 6.45) is 3.30. The number of carbonyl (C=O) groups excluding carboxylic acids is 1. The Labute approximate surface area is 87.6 Å². The summed E-state index contributed by atoms with van der Waals surface area (Å²) < 4.78 is 15.5. The van der Waals surface area contributed by atoms with E-state index in [2.05, 4.69) is 0 Å². The van der Waals surface area contributed by atoms with E-state index in [0.29, 0.717) is 19.3 Å². The van der Waals surface area contributed by atoms with Crippen molar-refractivity contribution in [1.82, 2.24) is 0 Å². The Bertz CT molecular complexity index is 252. The van der Waals surface area contributed by atoms with Gasteiger partial charge in [-0.1, -0.05) is 6.08 Å². The lowest BCUT2D eigenvalue weighted by Gasteiger charge is -2.24. The van der Waals surface area contributed by atoms with Gasteiger partial charge in [0.25, 0.3) is 6.47 Å². The number of hydrogen-bond donors (Lipinski definition) is 1. The predicted octanol–water partition coefficient (Wildman–Crippen LogP) is -0.0196. The average molecular weight is 214 g/mol. The van der Waals surface area contributed by atoms with Crippen LogP contribution < -0.4 is 0 Å². The Morgan fingerprint density at radius 1 is 1.27 bits per heavy atom. The molecule has 1 saturated heterocycles. The minimum atomic E-state index is -0.572. The van der Waals surface area contributed by atoms with Crippen LogP contribution in [0.2, 0.25) is 0 Å². The van der Waals surface area contributed by atoms with Gasteiger partial charge in [0.1, 0.15) is 12.9 Å². The van der Waals surface area contributed by atoms with Gasteiger partial charge in [0.15, 0.2) is 0 Å². The van der Waals surface area contributed by atoms with Crippen LogP contribution in [0, 0.1) is 0 Å². The molecule has 5 nitrogen and oxygen atoms in total. The van der Waals surface area contributed by atoms with Crippen LogP contribution in [-0.4, -0.2) is 42.8 Å². The first-order valence-electron chi connectivity index (χ1n) is 4.98. The minimum absolute atomic E-state index is 0.102. The highest BCUT2D eigenvalue weighted by molar-refractivity contribution is 5.38. The molecule has 0 aromatic carbocycles. The van der Waals surface area contributed by atoms with E-state index in [9.17, 15) is 9.90 Å². The van der Waals surface area contributed by atoms with Crippen LogP contribution >= 0.6 is 0 Å². The van der Waals surface area contributed by atoms with Gasteiger partial charge < -0.3 is 19.3 Å². The Morgan fingerprint density at radius 3 is 2.73 bits per heavy atom. The van der Waals surface area contributed by atoms with Crippen molar-refractivity contribution < 1.29 is 24.1 Å². The lowest BCUT2D eigenvalue weighted by atomic mass is 9.97. The summed E-state index contributed by atoms with van der Waals surface area (Å²) in [6, 6.07) is 0. The number of ether oxygens (including phenoxy) is 3. The van der Waals surface area contributed by atoms with E-state index in [4.69, 9.17) is 14.2 Å². The summed E-state index contributed by atoms with van der Waals surface area (Å²) in [5.74, 6) is 0. The van der Waals surface area contributed by atoms with Crippen LogP contribution in [-0.2, 0) is 19.0 Å². The number of rotatable bonds is 2. The van der Waals surface area contributed by atoms with Crippen LogP contribution in [0.4, 0.5) is 0 Å². The number of carbonyl (C=O) groups is 1. The SMILES string of the molecule is O=COC1/C=C/C(O)CC2OCOC2C1. The Morgan fingerprint density at radius 2 is 2.00 bits per heavy atom. The topological polar surface area (TPSA) is 65.0 Å². The molecule has 1 fully saturated rings. The third-order valence-electron chi connectivity index (χ3n) is 2.70. The number of fused-ring (bicyclic) bond motifs is 1. The standard InChI is InChI=1S/C10H14O5/c11-5-13-8-2-1-7(12)3-9-10(4-8)15-6-14-9/h1-2,5,7-10,12H,3-4,6H2/b2-1+. The highest BCUT2D eigenvalue weighted by Crippen LogP contribution is 2.25. The van der Waals surface area contributed by atoms with Crippen molar-refractivity contribution in [2.24, 2.45) is 0 Å². The van der Waals surface area contributed by atoms with Gasteiger partial charge in [-0.25, -0.2) is 0 Å². The molecular weight excluding hydrogens is 200 g/mol. The quantitative estimate of drug-likeness (QED) is 0.517. The van der Waals surface area contributed by atoms with E-state index >= 15 is 0 Å². The molecule has 1 aliphatic heterocycles. The summed E-state index contributed by atoms with van der Waals surface area (Å²) in [6.45, 7) is 0.656. The minimum Gasteiger partial charge on any atom is -0.460 e. The zero-order valence-corrected chi connectivity index (χ0v) is 8.24. The summed E-state index contributed by atoms with van der Waals surface area (Å²) in [4.78, 5) is 10.3. The number of hydrogen-bond acceptors (Lipinski definition) is 5. The molecule has 0 spiro atoms. The molecule has 4 unspecified atom stereocenters. The van der Waals surface area contributed by atoms with Crippen molar-refractivity contribution in [3.63, 3.8) is 0 Å². The normalized spacial score (nSPS) is 42.5. The van der Waals surface area contributed by atoms with Gasteiger partial charge in [0, 0.05) is 12.8 Å². The third-order valence-corrected chi connectivity index (χ3v) is 2.70. The fraction of sp³-hybridized carbons (Fsp3) is 0.700. The maximum atomic E-state index is 10.3. The molecule has 4 atom stereocenters. The predicted molar refractivity (Wildman–Crippen MR) is 49.9 cm³/mol. The molecular formula is C10H14O5. The second-order valence-corrected chi connectivity index (χ2v) is 3.72. The lowest BCUT2D eigenvalue weighted by Crippen LogP contribution is -2.32. The van der Waals surface area contributed by atoms with Crippen LogP contribution in [0.5, 0.6) is 0 Å². The molecule has 1 heterocycles. The van der Waals surface area contributed by atoms with E-state index < -0.39 is 6.10 Å². The zero-order valence-electron chi connectivity index (χ0n) is 8.24. The molecule has 0 amide bonds. The molecule has 0 saturated carbocycles. The van der Waals surface area contributed by atoms with E-state index in [1.54, 1.807) is 12.2 Å². The van der Waals surface area contributed by atoms with Gasteiger partial charge >= 0.3 is 0 Å². The van der Waals surface area contributed by atoms with Gasteiger partial charge in [-0.15, -0.1) is 0 Å². The first kappa shape index (κ1) is 10.6. The molecule has 2 aliphatic rings.